The number of benzene rings is 4. The first-order valence-electron chi connectivity index (χ1n) is 16.2. The molecule has 0 N–H and O–H groups in total. The van der Waals surface area contributed by atoms with E-state index >= 15 is 0 Å². The summed E-state index contributed by atoms with van der Waals surface area (Å²) in [5.41, 5.74) is 9.66. The van der Waals surface area contributed by atoms with E-state index < -0.39 is 0 Å². The molecular formula is C42H40N4OPt. The molecule has 5 nitrogen and oxygen atoms in total. The van der Waals surface area contributed by atoms with Gasteiger partial charge in [0.25, 0.3) is 0 Å². The molecule has 48 heavy (non-hydrogen) atoms. The van der Waals surface area contributed by atoms with E-state index in [1.807, 2.05) is 48.1 Å². The zero-order valence-corrected chi connectivity index (χ0v) is 31.0. The van der Waals surface area contributed by atoms with Gasteiger partial charge >= 0.3 is 21.1 Å². The van der Waals surface area contributed by atoms with Crippen LogP contribution in [0.25, 0.3) is 44.4 Å². The second-order valence-electron chi connectivity index (χ2n) is 14.4. The van der Waals surface area contributed by atoms with Crippen molar-refractivity contribution in [2.45, 2.75) is 66.2 Å². The number of nitrogens with zero attached hydrogens (tertiary/aromatic N) is 4. The minimum absolute atomic E-state index is 0. The molecule has 7 rings (SSSR count). The van der Waals surface area contributed by atoms with Crippen LogP contribution in [0.4, 0.5) is 0 Å². The molecule has 244 valence electrons. The van der Waals surface area contributed by atoms with Gasteiger partial charge in [-0.05, 0) is 70.6 Å². The van der Waals surface area contributed by atoms with Crippen molar-refractivity contribution in [1.82, 2.24) is 19.3 Å². The quantitative estimate of drug-likeness (QED) is 0.163. The summed E-state index contributed by atoms with van der Waals surface area (Å²) in [6.45, 7) is 17.6. The third-order valence-electron chi connectivity index (χ3n) is 8.91. The smallest absolute Gasteiger partial charge is 0.509 e. The van der Waals surface area contributed by atoms with E-state index in [1.165, 1.54) is 16.5 Å². The first-order chi connectivity index (χ1) is 22.4. The average Bonchev–Trinajstić information content (AvgIpc) is 3.53. The number of hydrogen-bond acceptors (Lipinski definition) is 3. The first-order valence-corrected chi connectivity index (χ1v) is 16.2. The van der Waals surface area contributed by atoms with E-state index in [1.54, 1.807) is 0 Å². The third kappa shape index (κ3) is 6.13. The molecule has 0 saturated heterocycles. The normalized spacial score (nSPS) is 12.0. The van der Waals surface area contributed by atoms with Crippen LogP contribution in [-0.2, 0) is 31.9 Å². The Kier molecular flexibility index (Phi) is 8.72. The molecule has 0 saturated carbocycles. The fraction of sp³-hybridized carbons (Fsp3) is 0.238. The van der Waals surface area contributed by atoms with Gasteiger partial charge in [0.2, 0.25) is 0 Å². The Bertz CT molecular complexity index is 2270. The van der Waals surface area contributed by atoms with Gasteiger partial charge in [0.1, 0.15) is 5.82 Å². The van der Waals surface area contributed by atoms with Crippen LogP contribution in [0.3, 0.4) is 0 Å². The molecule has 0 atom stereocenters. The molecule has 4 aromatic carbocycles. The van der Waals surface area contributed by atoms with Crippen molar-refractivity contribution >= 4 is 21.8 Å². The summed E-state index contributed by atoms with van der Waals surface area (Å²) in [6, 6.07) is 38.5. The monoisotopic (exact) mass is 811 g/mol. The molecule has 0 spiro atoms. The summed E-state index contributed by atoms with van der Waals surface area (Å²) in [5.74, 6) is 2.07. The van der Waals surface area contributed by atoms with Gasteiger partial charge in [0.05, 0.1) is 5.69 Å². The van der Waals surface area contributed by atoms with Crippen LogP contribution >= 0.6 is 0 Å². The van der Waals surface area contributed by atoms with Crippen molar-refractivity contribution < 1.29 is 25.8 Å². The largest absolute Gasteiger partial charge is 2.00 e. The SMILES string of the molecule is Cc1nn(-c2[c-]c(Oc3[c-]c4c(cc3)c3cc(C(C)(C)C)ccc3n4-c3cc(C(C)(C)C)ccn3)ccc2)c(C)c1-c1ccccc1.[Pt+2]. The summed E-state index contributed by atoms with van der Waals surface area (Å²) < 4.78 is 10.6. The average molecular weight is 812 g/mol. The Morgan fingerprint density at radius 1 is 0.688 bits per heavy atom. The standard InChI is InChI=1S/C42H40N4O.Pt/c1-27-40(29-13-10-9-11-14-29)28(2)46(44-27)32-15-12-16-33(25-32)47-34-18-19-35-36-23-30(41(3,4)5)17-20-37(36)45(38(35)26-34)39-24-31(21-22-43-39)42(6,7)8;/h9-24H,1-8H3;/q-2;+2. The number of fused-ring (bicyclic) bond motifs is 3. The van der Waals surface area contributed by atoms with E-state index in [9.17, 15) is 0 Å². The molecule has 0 aliphatic carbocycles. The number of pyridine rings is 1. The maximum absolute atomic E-state index is 6.47. The van der Waals surface area contributed by atoms with Gasteiger partial charge in [0, 0.05) is 34.5 Å². The predicted octanol–water partition coefficient (Wildman–Crippen LogP) is 10.6. The zero-order chi connectivity index (χ0) is 33.1. The second kappa shape index (κ2) is 12.5. The summed E-state index contributed by atoms with van der Waals surface area (Å²) in [4.78, 5) is 4.85. The van der Waals surface area contributed by atoms with Gasteiger partial charge in [-0.3, -0.25) is 4.68 Å². The molecule has 0 fully saturated rings. The Labute approximate surface area is 297 Å². The van der Waals surface area contributed by atoms with Gasteiger partial charge in [-0.15, -0.1) is 35.7 Å². The summed E-state index contributed by atoms with van der Waals surface area (Å²) in [7, 11) is 0. The van der Waals surface area contributed by atoms with Gasteiger partial charge < -0.3 is 9.30 Å². The summed E-state index contributed by atoms with van der Waals surface area (Å²) in [6.07, 6.45) is 1.90. The van der Waals surface area contributed by atoms with Crippen LogP contribution in [0.15, 0.2) is 97.2 Å². The molecule has 3 aromatic heterocycles. The number of hydrogen-bond donors (Lipinski definition) is 0. The van der Waals surface area contributed by atoms with Crippen molar-refractivity contribution in [2.24, 2.45) is 0 Å². The van der Waals surface area contributed by atoms with Crippen LogP contribution < -0.4 is 4.74 Å². The fourth-order valence-corrected chi connectivity index (χ4v) is 6.33. The van der Waals surface area contributed by atoms with Gasteiger partial charge in [-0.1, -0.05) is 89.5 Å². The summed E-state index contributed by atoms with van der Waals surface area (Å²) >= 11 is 0. The van der Waals surface area contributed by atoms with Gasteiger partial charge in [-0.25, -0.2) is 4.98 Å². The molecule has 0 amide bonds. The van der Waals surface area contributed by atoms with E-state index in [0.717, 1.165) is 50.4 Å². The Hall–Kier alpha value is -4.47. The fourth-order valence-electron chi connectivity index (χ4n) is 6.33. The van der Waals surface area contributed by atoms with E-state index in [0.29, 0.717) is 11.5 Å². The number of aromatic nitrogens is 4. The molecular weight excluding hydrogens is 772 g/mol. The van der Waals surface area contributed by atoms with Crippen LogP contribution in [0.1, 0.15) is 64.1 Å². The molecule has 3 heterocycles. The van der Waals surface area contributed by atoms with Crippen LogP contribution in [0, 0.1) is 26.0 Å². The molecule has 6 heteroatoms. The third-order valence-corrected chi connectivity index (χ3v) is 8.91. The van der Waals surface area contributed by atoms with Crippen LogP contribution in [0.2, 0.25) is 0 Å². The zero-order valence-electron chi connectivity index (χ0n) is 28.8. The molecule has 0 radical (unpaired) electrons. The topological polar surface area (TPSA) is 44.9 Å². The Morgan fingerprint density at radius 3 is 2.12 bits per heavy atom. The van der Waals surface area contributed by atoms with E-state index in [-0.39, 0.29) is 31.9 Å². The van der Waals surface area contributed by atoms with Crippen molar-refractivity contribution in [3.05, 3.63) is 132 Å². The number of rotatable bonds is 5. The summed E-state index contributed by atoms with van der Waals surface area (Å²) in [5, 5.41) is 7.15. The molecule has 0 aliphatic rings. The minimum atomic E-state index is -0.0119. The van der Waals surface area contributed by atoms with Crippen molar-refractivity contribution in [1.29, 1.82) is 0 Å². The van der Waals surface area contributed by atoms with Crippen molar-refractivity contribution in [3.8, 4) is 34.1 Å². The minimum Gasteiger partial charge on any atom is -0.509 e. The van der Waals surface area contributed by atoms with Gasteiger partial charge in [-0.2, -0.15) is 17.2 Å². The maximum atomic E-state index is 6.47. The molecule has 0 bridgehead atoms. The van der Waals surface area contributed by atoms with Crippen LogP contribution in [0.5, 0.6) is 11.5 Å². The second-order valence-corrected chi connectivity index (χ2v) is 14.4. The van der Waals surface area contributed by atoms with E-state index in [4.69, 9.17) is 14.8 Å². The van der Waals surface area contributed by atoms with Crippen molar-refractivity contribution in [3.63, 3.8) is 0 Å². The van der Waals surface area contributed by atoms with Crippen LogP contribution in [-0.4, -0.2) is 19.3 Å². The Balaban J connectivity index is 0.00000401. The Morgan fingerprint density at radius 2 is 1.40 bits per heavy atom. The maximum Gasteiger partial charge on any atom is 2.00 e. The number of aryl methyl sites for hydroxylation is 1. The molecule has 0 aliphatic heterocycles. The first kappa shape index (κ1) is 33.4. The van der Waals surface area contributed by atoms with Crippen molar-refractivity contribution in [2.75, 3.05) is 0 Å². The molecule has 0 unspecified atom stereocenters. The molecule has 7 aromatic rings. The number of ether oxygens (including phenoxy) is 1. The predicted molar refractivity (Wildman–Crippen MR) is 192 cm³/mol. The van der Waals surface area contributed by atoms with Gasteiger partial charge in [0.15, 0.2) is 0 Å². The van der Waals surface area contributed by atoms with E-state index in [2.05, 4.69) is 126 Å².